The largest absolute Gasteiger partial charge is 0.353 e. The number of rotatable bonds is 3. The van der Waals surface area contributed by atoms with Gasteiger partial charge in [0.15, 0.2) is 0 Å². The van der Waals surface area contributed by atoms with Crippen molar-refractivity contribution in [1.82, 2.24) is 16.1 Å². The summed E-state index contributed by atoms with van der Waals surface area (Å²) in [7, 11) is 0. The highest BCUT2D eigenvalue weighted by Crippen LogP contribution is 2.18. The number of nitrogens with two attached hydrogens (primary N) is 1. The zero-order chi connectivity index (χ0) is 10.7. The van der Waals surface area contributed by atoms with Gasteiger partial charge >= 0.3 is 0 Å². The fourth-order valence-corrected chi connectivity index (χ4v) is 1.57. The van der Waals surface area contributed by atoms with Crippen molar-refractivity contribution < 1.29 is 4.79 Å². The molecule has 2 aliphatic rings. The van der Waals surface area contributed by atoms with Gasteiger partial charge in [0.05, 0.1) is 6.54 Å². The molecule has 1 heterocycles. The second kappa shape index (κ2) is 4.48. The Balaban J connectivity index is 1.76. The van der Waals surface area contributed by atoms with Crippen LogP contribution < -0.4 is 21.9 Å². The van der Waals surface area contributed by atoms with Crippen LogP contribution in [0, 0.1) is 0 Å². The maximum absolute atomic E-state index is 10.9. The summed E-state index contributed by atoms with van der Waals surface area (Å²) in [5.41, 5.74) is 2.53. The molecule has 1 saturated carbocycles. The number of nitrogens with zero attached hydrogens (tertiary/aromatic N) is 1. The van der Waals surface area contributed by atoms with Crippen LogP contribution in [0.4, 0.5) is 0 Å². The highest BCUT2D eigenvalue weighted by molar-refractivity contribution is 5.80. The first-order chi connectivity index (χ1) is 7.28. The van der Waals surface area contributed by atoms with Gasteiger partial charge in [0.25, 0.3) is 0 Å². The molecule has 1 unspecified atom stereocenters. The van der Waals surface area contributed by atoms with E-state index in [1.807, 2.05) is 0 Å². The first kappa shape index (κ1) is 10.2. The van der Waals surface area contributed by atoms with E-state index in [9.17, 15) is 4.79 Å². The number of carbonyl (C=O) groups excluding carboxylic acids is 1. The number of carbonyl (C=O) groups is 1. The summed E-state index contributed by atoms with van der Waals surface area (Å²) >= 11 is 0. The number of guanidine groups is 1. The van der Waals surface area contributed by atoms with E-state index < -0.39 is 0 Å². The predicted octanol–water partition coefficient (Wildman–Crippen LogP) is -1.16. The lowest BCUT2D eigenvalue weighted by Gasteiger charge is -2.10. The Labute approximate surface area is 88.7 Å². The molecule has 0 aromatic rings. The molecule has 15 heavy (non-hydrogen) atoms. The molecule has 1 atom stereocenters. The number of aliphatic imine (C=N–C) groups is 1. The SMILES string of the molecule is NNC(=NCC1CCC(=O)N1)NC1CC1. The second-order valence-corrected chi connectivity index (χ2v) is 4.06. The van der Waals surface area contributed by atoms with E-state index in [1.54, 1.807) is 0 Å². The van der Waals surface area contributed by atoms with Crippen molar-refractivity contribution in [2.75, 3.05) is 6.54 Å². The molecule has 0 aromatic heterocycles. The average molecular weight is 211 g/mol. The first-order valence-electron chi connectivity index (χ1n) is 5.35. The molecule has 2 fully saturated rings. The summed E-state index contributed by atoms with van der Waals surface area (Å²) < 4.78 is 0. The van der Waals surface area contributed by atoms with E-state index >= 15 is 0 Å². The zero-order valence-corrected chi connectivity index (χ0v) is 8.62. The molecule has 0 radical (unpaired) electrons. The van der Waals surface area contributed by atoms with Gasteiger partial charge in [-0.15, -0.1) is 0 Å². The van der Waals surface area contributed by atoms with Crippen LogP contribution in [0.2, 0.25) is 0 Å². The maximum Gasteiger partial charge on any atom is 0.220 e. The van der Waals surface area contributed by atoms with E-state index in [-0.39, 0.29) is 11.9 Å². The Bertz CT molecular complexity index is 274. The third kappa shape index (κ3) is 3.09. The summed E-state index contributed by atoms with van der Waals surface area (Å²) in [6.45, 7) is 0.588. The molecule has 6 nitrogen and oxygen atoms in total. The lowest BCUT2D eigenvalue weighted by molar-refractivity contribution is -0.119. The molecule has 2 rings (SSSR count). The van der Waals surface area contributed by atoms with Crippen molar-refractivity contribution in [2.24, 2.45) is 10.8 Å². The smallest absolute Gasteiger partial charge is 0.220 e. The van der Waals surface area contributed by atoms with Gasteiger partial charge in [-0.25, -0.2) is 5.84 Å². The van der Waals surface area contributed by atoms with Crippen molar-refractivity contribution in [1.29, 1.82) is 0 Å². The number of hydrazine groups is 1. The van der Waals surface area contributed by atoms with Crippen LogP contribution in [0.1, 0.15) is 25.7 Å². The van der Waals surface area contributed by atoms with E-state index in [1.165, 1.54) is 12.8 Å². The summed E-state index contributed by atoms with van der Waals surface area (Å²) in [6, 6.07) is 0.694. The minimum atomic E-state index is 0.118. The van der Waals surface area contributed by atoms with Crippen LogP contribution >= 0.6 is 0 Å². The lowest BCUT2D eigenvalue weighted by Crippen LogP contribution is -2.43. The molecule has 0 aromatic carbocycles. The minimum absolute atomic E-state index is 0.118. The van der Waals surface area contributed by atoms with Crippen molar-refractivity contribution in [3.05, 3.63) is 0 Å². The van der Waals surface area contributed by atoms with Gasteiger partial charge in [0.1, 0.15) is 0 Å². The molecule has 1 saturated heterocycles. The quantitative estimate of drug-likeness (QED) is 0.205. The molecular weight excluding hydrogens is 194 g/mol. The van der Waals surface area contributed by atoms with Crippen molar-refractivity contribution in [3.63, 3.8) is 0 Å². The number of hydrogen-bond donors (Lipinski definition) is 4. The lowest BCUT2D eigenvalue weighted by atomic mass is 10.2. The molecular formula is C9H17N5O. The minimum Gasteiger partial charge on any atom is -0.353 e. The average Bonchev–Trinajstić information content (AvgIpc) is 2.95. The van der Waals surface area contributed by atoms with E-state index in [4.69, 9.17) is 5.84 Å². The van der Waals surface area contributed by atoms with Crippen molar-refractivity contribution >= 4 is 11.9 Å². The normalized spacial score (nSPS) is 26.3. The zero-order valence-electron chi connectivity index (χ0n) is 8.62. The summed E-state index contributed by atoms with van der Waals surface area (Å²) in [4.78, 5) is 15.2. The van der Waals surface area contributed by atoms with Gasteiger partial charge in [-0.05, 0) is 19.3 Å². The molecule has 1 amide bonds. The van der Waals surface area contributed by atoms with Crippen LogP contribution in [0.3, 0.4) is 0 Å². The van der Waals surface area contributed by atoms with E-state index in [0.29, 0.717) is 25.0 Å². The van der Waals surface area contributed by atoms with E-state index in [2.05, 4.69) is 21.1 Å². The van der Waals surface area contributed by atoms with Gasteiger partial charge in [-0.1, -0.05) is 0 Å². The second-order valence-electron chi connectivity index (χ2n) is 4.06. The standard InChI is InChI=1S/C9H17N5O/c10-14-9(13-6-1-2-6)11-5-7-3-4-8(15)12-7/h6-7H,1-5,10H2,(H,12,15)(H2,11,13,14). The van der Waals surface area contributed by atoms with Gasteiger partial charge in [0, 0.05) is 18.5 Å². The van der Waals surface area contributed by atoms with Crippen LogP contribution in [0.15, 0.2) is 4.99 Å². The maximum atomic E-state index is 10.9. The molecule has 5 N–H and O–H groups in total. The van der Waals surface area contributed by atoms with Crippen molar-refractivity contribution in [3.8, 4) is 0 Å². The molecule has 1 aliphatic carbocycles. The van der Waals surface area contributed by atoms with Crippen LogP contribution in [-0.4, -0.2) is 30.5 Å². The third-order valence-corrected chi connectivity index (χ3v) is 2.61. The molecule has 84 valence electrons. The first-order valence-corrected chi connectivity index (χ1v) is 5.35. The van der Waals surface area contributed by atoms with Crippen LogP contribution in [0.5, 0.6) is 0 Å². The molecule has 0 spiro atoms. The highest BCUT2D eigenvalue weighted by atomic mass is 16.1. The summed E-state index contributed by atoms with van der Waals surface area (Å²) in [5, 5.41) is 6.04. The number of amides is 1. The fourth-order valence-electron chi connectivity index (χ4n) is 1.57. The monoisotopic (exact) mass is 211 g/mol. The van der Waals surface area contributed by atoms with Gasteiger partial charge in [0.2, 0.25) is 11.9 Å². The number of nitrogens with one attached hydrogen (secondary N) is 3. The Kier molecular flexibility index (Phi) is 3.05. The van der Waals surface area contributed by atoms with Crippen LogP contribution in [0.25, 0.3) is 0 Å². The third-order valence-electron chi connectivity index (χ3n) is 2.61. The topological polar surface area (TPSA) is 91.5 Å². The van der Waals surface area contributed by atoms with E-state index in [0.717, 1.165) is 6.42 Å². The Morgan fingerprint density at radius 3 is 2.87 bits per heavy atom. The van der Waals surface area contributed by atoms with Crippen LogP contribution in [-0.2, 0) is 4.79 Å². The summed E-state index contributed by atoms with van der Waals surface area (Å²) in [5.74, 6) is 6.07. The van der Waals surface area contributed by atoms with Gasteiger partial charge in [-0.3, -0.25) is 15.2 Å². The van der Waals surface area contributed by atoms with Gasteiger partial charge in [-0.2, -0.15) is 0 Å². The highest BCUT2D eigenvalue weighted by Gasteiger charge is 2.23. The summed E-state index contributed by atoms with van der Waals surface area (Å²) in [6.07, 6.45) is 3.84. The molecule has 6 heteroatoms. The number of hydrogen-bond acceptors (Lipinski definition) is 3. The molecule has 0 bridgehead atoms. The fraction of sp³-hybridized carbons (Fsp3) is 0.778. The predicted molar refractivity (Wildman–Crippen MR) is 56.9 cm³/mol. The Morgan fingerprint density at radius 2 is 2.33 bits per heavy atom. The Hall–Kier alpha value is -1.30. The molecule has 1 aliphatic heterocycles. The van der Waals surface area contributed by atoms with Gasteiger partial charge < -0.3 is 10.6 Å². The van der Waals surface area contributed by atoms with Crippen molar-refractivity contribution in [2.45, 2.75) is 37.8 Å². The Morgan fingerprint density at radius 1 is 1.53 bits per heavy atom.